The zero-order valence-electron chi connectivity index (χ0n) is 14.6. The molecule has 0 aromatic heterocycles. The number of hydrogen-bond donors (Lipinski definition) is 1. The standard InChI is InChI=1S/C18H12F6N2O2S/c1-29(27,28)26-16-4-2-11(3-5-16)6-13(10-25)12-7-14(17(19,20)21)9-15(8-12)18(22,23)24/h2-9,26H,1H3. The van der Waals surface area contributed by atoms with E-state index in [1.54, 1.807) is 6.07 Å². The first-order chi connectivity index (χ1) is 13.2. The van der Waals surface area contributed by atoms with E-state index in [1.165, 1.54) is 24.3 Å². The number of halogens is 6. The molecule has 2 rings (SSSR count). The van der Waals surface area contributed by atoms with Crippen molar-refractivity contribution < 1.29 is 34.8 Å². The first kappa shape index (κ1) is 22.3. The van der Waals surface area contributed by atoms with Crippen LogP contribution in [0, 0.1) is 11.3 Å². The lowest BCUT2D eigenvalue weighted by Crippen LogP contribution is -2.11. The molecular weight excluding hydrogens is 422 g/mol. The molecule has 29 heavy (non-hydrogen) atoms. The molecule has 0 fully saturated rings. The predicted molar refractivity (Wildman–Crippen MR) is 94.8 cm³/mol. The maximum absolute atomic E-state index is 13.0. The Hall–Kier alpha value is -3.00. The topological polar surface area (TPSA) is 70.0 Å². The van der Waals surface area contributed by atoms with Gasteiger partial charge in [0.05, 0.1) is 29.0 Å². The van der Waals surface area contributed by atoms with E-state index in [9.17, 15) is 40.0 Å². The van der Waals surface area contributed by atoms with Crippen molar-refractivity contribution in [2.45, 2.75) is 12.4 Å². The van der Waals surface area contributed by atoms with E-state index in [-0.39, 0.29) is 17.3 Å². The van der Waals surface area contributed by atoms with Gasteiger partial charge >= 0.3 is 12.4 Å². The van der Waals surface area contributed by atoms with Crippen molar-refractivity contribution >= 4 is 27.4 Å². The Morgan fingerprint density at radius 1 is 0.966 bits per heavy atom. The van der Waals surface area contributed by atoms with E-state index in [4.69, 9.17) is 0 Å². The van der Waals surface area contributed by atoms with E-state index in [2.05, 4.69) is 4.72 Å². The average Bonchev–Trinajstić information content (AvgIpc) is 2.58. The predicted octanol–water partition coefficient (Wildman–Crippen LogP) is 5.16. The van der Waals surface area contributed by atoms with Gasteiger partial charge < -0.3 is 0 Å². The van der Waals surface area contributed by atoms with Crippen LogP contribution in [0.25, 0.3) is 11.6 Å². The van der Waals surface area contributed by atoms with Crippen LogP contribution in [-0.4, -0.2) is 14.7 Å². The number of nitrogens with one attached hydrogen (secondary N) is 1. The Kier molecular flexibility index (Phi) is 5.99. The Morgan fingerprint density at radius 2 is 1.45 bits per heavy atom. The van der Waals surface area contributed by atoms with Gasteiger partial charge in [-0.3, -0.25) is 4.72 Å². The smallest absolute Gasteiger partial charge is 0.284 e. The number of sulfonamides is 1. The molecule has 1 N–H and O–H groups in total. The first-order valence-corrected chi connectivity index (χ1v) is 9.58. The lowest BCUT2D eigenvalue weighted by Gasteiger charge is -2.14. The van der Waals surface area contributed by atoms with Gasteiger partial charge in [-0.2, -0.15) is 31.6 Å². The second kappa shape index (κ2) is 7.79. The molecular formula is C18H12F6N2O2S. The lowest BCUT2D eigenvalue weighted by molar-refractivity contribution is -0.143. The molecule has 0 saturated heterocycles. The van der Waals surface area contributed by atoms with Gasteiger partial charge in [-0.1, -0.05) is 12.1 Å². The Bertz CT molecular complexity index is 1050. The summed E-state index contributed by atoms with van der Waals surface area (Å²) in [5.41, 5.74) is -3.57. The van der Waals surface area contributed by atoms with Crippen LogP contribution in [0.5, 0.6) is 0 Å². The number of benzene rings is 2. The maximum Gasteiger partial charge on any atom is 0.416 e. The van der Waals surface area contributed by atoms with Crippen LogP contribution in [0.15, 0.2) is 42.5 Å². The number of hydrogen-bond acceptors (Lipinski definition) is 3. The Morgan fingerprint density at radius 3 is 1.83 bits per heavy atom. The largest absolute Gasteiger partial charge is 0.416 e. The van der Waals surface area contributed by atoms with Crippen LogP contribution in [0.3, 0.4) is 0 Å². The molecule has 0 unspecified atom stereocenters. The molecule has 2 aromatic carbocycles. The highest BCUT2D eigenvalue weighted by Crippen LogP contribution is 2.37. The fraction of sp³-hybridized carbons (Fsp3) is 0.167. The van der Waals surface area contributed by atoms with Gasteiger partial charge in [-0.05, 0) is 47.5 Å². The van der Waals surface area contributed by atoms with Gasteiger partial charge in [-0.15, -0.1) is 0 Å². The van der Waals surface area contributed by atoms with Crippen LogP contribution in [0.2, 0.25) is 0 Å². The Labute approximate surface area is 162 Å². The minimum Gasteiger partial charge on any atom is -0.284 e. The van der Waals surface area contributed by atoms with Crippen molar-refractivity contribution in [2.24, 2.45) is 0 Å². The quantitative estimate of drug-likeness (QED) is 0.411. The van der Waals surface area contributed by atoms with Gasteiger partial charge in [0, 0.05) is 5.69 Å². The van der Waals surface area contributed by atoms with E-state index < -0.39 is 44.6 Å². The van der Waals surface area contributed by atoms with Gasteiger partial charge in [-0.25, -0.2) is 8.42 Å². The van der Waals surface area contributed by atoms with E-state index in [1.807, 2.05) is 0 Å². The van der Waals surface area contributed by atoms with Gasteiger partial charge in [0.15, 0.2) is 0 Å². The van der Waals surface area contributed by atoms with Crippen molar-refractivity contribution in [3.05, 3.63) is 64.7 Å². The minimum atomic E-state index is -5.03. The summed E-state index contributed by atoms with van der Waals surface area (Å²) < 4.78 is 102. The summed E-state index contributed by atoms with van der Waals surface area (Å²) >= 11 is 0. The number of anilines is 1. The third-order valence-corrected chi connectivity index (χ3v) is 4.15. The summed E-state index contributed by atoms with van der Waals surface area (Å²) in [7, 11) is -3.53. The van der Waals surface area contributed by atoms with Crippen LogP contribution in [0.1, 0.15) is 22.3 Å². The molecule has 0 aliphatic heterocycles. The monoisotopic (exact) mass is 434 g/mol. The molecule has 0 atom stereocenters. The summed E-state index contributed by atoms with van der Waals surface area (Å²) in [5, 5.41) is 9.26. The summed E-state index contributed by atoms with van der Waals surface area (Å²) in [6.07, 6.45) is -8.04. The van der Waals surface area contributed by atoms with Crippen molar-refractivity contribution in [1.82, 2.24) is 0 Å². The zero-order valence-corrected chi connectivity index (χ0v) is 15.4. The average molecular weight is 434 g/mol. The third kappa shape index (κ3) is 6.25. The van der Waals surface area contributed by atoms with Crippen molar-refractivity contribution in [1.29, 1.82) is 5.26 Å². The molecule has 0 heterocycles. The van der Waals surface area contributed by atoms with Crippen LogP contribution < -0.4 is 4.72 Å². The van der Waals surface area contributed by atoms with Crippen LogP contribution in [0.4, 0.5) is 32.0 Å². The third-order valence-electron chi connectivity index (χ3n) is 3.54. The number of rotatable bonds is 4. The van der Waals surface area contributed by atoms with Crippen molar-refractivity contribution in [3.63, 3.8) is 0 Å². The van der Waals surface area contributed by atoms with Crippen LogP contribution in [-0.2, 0) is 22.4 Å². The molecule has 0 amide bonds. The molecule has 154 valence electrons. The summed E-state index contributed by atoms with van der Waals surface area (Å²) in [5.74, 6) is 0. The molecule has 0 spiro atoms. The summed E-state index contributed by atoms with van der Waals surface area (Å²) in [4.78, 5) is 0. The van der Waals surface area contributed by atoms with Gasteiger partial charge in [0.25, 0.3) is 0 Å². The number of nitrogens with zero attached hydrogens (tertiary/aromatic N) is 1. The highest BCUT2D eigenvalue weighted by Gasteiger charge is 2.37. The fourth-order valence-corrected chi connectivity index (χ4v) is 2.88. The molecule has 0 radical (unpaired) electrons. The van der Waals surface area contributed by atoms with Gasteiger partial charge in [0.2, 0.25) is 10.0 Å². The fourth-order valence-electron chi connectivity index (χ4n) is 2.32. The normalized spacial score (nSPS) is 13.1. The molecule has 2 aromatic rings. The summed E-state index contributed by atoms with van der Waals surface area (Å²) in [6.45, 7) is 0. The second-order valence-corrected chi connectivity index (χ2v) is 7.71. The SMILES string of the molecule is CS(=O)(=O)Nc1ccc(C=C(C#N)c2cc(C(F)(F)F)cc(C(F)(F)F)c2)cc1. The van der Waals surface area contributed by atoms with E-state index in [0.29, 0.717) is 12.1 Å². The minimum absolute atomic E-state index is 0.0237. The molecule has 0 bridgehead atoms. The zero-order chi connectivity index (χ0) is 22.0. The molecule has 4 nitrogen and oxygen atoms in total. The van der Waals surface area contributed by atoms with E-state index in [0.717, 1.165) is 12.3 Å². The molecule has 0 saturated carbocycles. The molecule has 0 aliphatic carbocycles. The maximum atomic E-state index is 13.0. The summed E-state index contributed by atoms with van der Waals surface area (Å²) in [6, 6.07) is 7.85. The first-order valence-electron chi connectivity index (χ1n) is 7.68. The highest BCUT2D eigenvalue weighted by atomic mass is 32.2. The van der Waals surface area contributed by atoms with Gasteiger partial charge in [0.1, 0.15) is 0 Å². The number of alkyl halides is 6. The molecule has 0 aliphatic rings. The number of allylic oxidation sites excluding steroid dienone is 1. The van der Waals surface area contributed by atoms with Crippen molar-refractivity contribution in [2.75, 3.05) is 11.0 Å². The van der Waals surface area contributed by atoms with E-state index >= 15 is 0 Å². The van der Waals surface area contributed by atoms with Crippen molar-refractivity contribution in [3.8, 4) is 6.07 Å². The molecule has 11 heteroatoms. The second-order valence-electron chi connectivity index (χ2n) is 5.96. The Balaban J connectivity index is 2.52. The highest BCUT2D eigenvalue weighted by molar-refractivity contribution is 7.92. The van der Waals surface area contributed by atoms with Crippen LogP contribution >= 0.6 is 0 Å². The number of nitriles is 1. The lowest BCUT2D eigenvalue weighted by atomic mass is 9.98.